The Kier molecular flexibility index (Phi) is 6.54. The van der Waals surface area contributed by atoms with Gasteiger partial charge in [-0.1, -0.05) is 0 Å². The quantitative estimate of drug-likeness (QED) is 0.257. The number of alkyl halides is 1. The van der Waals surface area contributed by atoms with E-state index in [-0.39, 0.29) is 17.8 Å². The number of halogens is 1. The fourth-order valence-electron chi connectivity index (χ4n) is 5.14. The number of pyridine rings is 3. The molecule has 0 aromatic carbocycles. The largest absolute Gasteiger partial charge is 0.358 e. The van der Waals surface area contributed by atoms with Crippen LogP contribution in [0.25, 0.3) is 22.4 Å². The van der Waals surface area contributed by atoms with Gasteiger partial charge in [0.15, 0.2) is 11.3 Å². The van der Waals surface area contributed by atoms with E-state index in [0.717, 1.165) is 24.8 Å². The molecule has 212 valence electrons. The number of fused-ring (bicyclic) bond motifs is 1. The molecule has 42 heavy (non-hydrogen) atoms. The van der Waals surface area contributed by atoms with Crippen molar-refractivity contribution in [1.29, 1.82) is 0 Å². The molecule has 1 aliphatic carbocycles. The van der Waals surface area contributed by atoms with Crippen LogP contribution in [0.1, 0.15) is 60.1 Å². The van der Waals surface area contributed by atoms with E-state index in [0.29, 0.717) is 64.8 Å². The van der Waals surface area contributed by atoms with Crippen molar-refractivity contribution in [1.82, 2.24) is 34.5 Å². The number of amides is 1. The Labute approximate surface area is 240 Å². The minimum atomic E-state index is -1.42. The molecular formula is C30H28FN9O2. The lowest BCUT2D eigenvalue weighted by Crippen LogP contribution is -2.17. The van der Waals surface area contributed by atoms with Gasteiger partial charge in [-0.15, -0.1) is 0 Å². The highest BCUT2D eigenvalue weighted by molar-refractivity contribution is 6.04. The Morgan fingerprint density at radius 3 is 2.81 bits per heavy atom. The van der Waals surface area contributed by atoms with E-state index in [1.807, 2.05) is 23.6 Å². The summed E-state index contributed by atoms with van der Waals surface area (Å²) in [7, 11) is 0. The zero-order valence-electron chi connectivity index (χ0n) is 22.9. The van der Waals surface area contributed by atoms with Gasteiger partial charge in [-0.3, -0.25) is 19.3 Å². The van der Waals surface area contributed by atoms with Crippen molar-refractivity contribution in [2.45, 2.75) is 50.9 Å². The first-order valence-corrected chi connectivity index (χ1v) is 13.9. The van der Waals surface area contributed by atoms with E-state index in [2.05, 4.69) is 40.5 Å². The molecule has 1 atom stereocenters. The summed E-state index contributed by atoms with van der Waals surface area (Å²) in [6, 6.07) is 8.61. The van der Waals surface area contributed by atoms with Gasteiger partial charge in [0, 0.05) is 30.1 Å². The average Bonchev–Trinajstić information content (AvgIpc) is 3.63. The first-order chi connectivity index (χ1) is 20.5. The maximum Gasteiger partial charge on any atom is 0.255 e. The predicted molar refractivity (Wildman–Crippen MR) is 154 cm³/mol. The average molecular weight is 566 g/mol. The number of ether oxygens (including phenoxy) is 1. The Hall–Kier alpha value is -4.84. The number of aryl methyl sites for hydroxylation is 1. The topological polar surface area (TPSA) is 133 Å². The van der Waals surface area contributed by atoms with Gasteiger partial charge in [-0.2, -0.15) is 0 Å². The van der Waals surface area contributed by atoms with Gasteiger partial charge in [0.05, 0.1) is 35.3 Å². The van der Waals surface area contributed by atoms with Gasteiger partial charge >= 0.3 is 0 Å². The Balaban J connectivity index is 1.16. The molecule has 2 fully saturated rings. The number of imidazole rings is 1. The first kappa shape index (κ1) is 26.1. The van der Waals surface area contributed by atoms with Gasteiger partial charge in [-0.25, -0.2) is 24.3 Å². The second kappa shape index (κ2) is 10.5. The second-order valence-electron chi connectivity index (χ2n) is 10.6. The highest BCUT2D eigenvalue weighted by Crippen LogP contribution is 2.48. The smallest absolute Gasteiger partial charge is 0.255 e. The van der Waals surface area contributed by atoms with Crippen LogP contribution in [0.4, 0.5) is 21.6 Å². The van der Waals surface area contributed by atoms with Crippen LogP contribution in [0.3, 0.4) is 0 Å². The van der Waals surface area contributed by atoms with E-state index in [4.69, 9.17) is 4.74 Å². The molecule has 12 heteroatoms. The van der Waals surface area contributed by atoms with Crippen LogP contribution < -0.4 is 10.6 Å². The molecule has 5 aromatic heterocycles. The summed E-state index contributed by atoms with van der Waals surface area (Å²) in [4.78, 5) is 39.9. The third-order valence-corrected chi connectivity index (χ3v) is 7.66. The number of hydrogen-bond acceptors (Lipinski definition) is 9. The summed E-state index contributed by atoms with van der Waals surface area (Å²) in [5.41, 5.74) is 3.74. The van der Waals surface area contributed by atoms with Crippen LogP contribution in [-0.2, 0) is 10.4 Å². The summed E-state index contributed by atoms with van der Waals surface area (Å²) >= 11 is 0. The lowest BCUT2D eigenvalue weighted by molar-refractivity contribution is -0.0298. The minimum absolute atomic E-state index is 0.102. The molecule has 6 heterocycles. The standard InChI is InChI=1S/C30H28FN9O2/c1-18-22(14-20(15-34-18)38-29(41)19-7-11-32-23(13-19)30(31)8-9-30)39-27-21(5-4-10-33-27)25-26-28(36-16-35-25)40(17-37-26)24-6-2-3-12-42-24/h4-5,7,10-11,13-17,24H,2-3,6,8-9,12H2,1H3,(H,33,39)(H,38,41). The Morgan fingerprint density at radius 2 is 1.98 bits per heavy atom. The van der Waals surface area contributed by atoms with Crippen molar-refractivity contribution < 1.29 is 13.9 Å². The third kappa shape index (κ3) is 4.94. The summed E-state index contributed by atoms with van der Waals surface area (Å²) in [5, 5.41) is 6.22. The van der Waals surface area contributed by atoms with E-state index >= 15 is 0 Å². The summed E-state index contributed by atoms with van der Waals surface area (Å²) in [5.74, 6) is 0.171. The fraction of sp³-hybridized carbons (Fsp3) is 0.300. The molecular weight excluding hydrogens is 537 g/mol. The highest BCUT2D eigenvalue weighted by atomic mass is 19.1. The normalized spacial score (nSPS) is 17.6. The zero-order chi connectivity index (χ0) is 28.7. The van der Waals surface area contributed by atoms with E-state index < -0.39 is 5.67 Å². The SMILES string of the molecule is Cc1ncc(NC(=O)c2ccnc(C3(F)CC3)c2)cc1Nc1ncccc1-c1ncnc2c1ncn2C1CCCCO1. The highest BCUT2D eigenvalue weighted by Gasteiger charge is 2.46. The number of nitrogens with one attached hydrogen (secondary N) is 2. The molecule has 1 saturated carbocycles. The fourth-order valence-corrected chi connectivity index (χ4v) is 5.14. The van der Waals surface area contributed by atoms with Crippen LogP contribution in [0.5, 0.6) is 0 Å². The van der Waals surface area contributed by atoms with Crippen molar-refractivity contribution >= 4 is 34.3 Å². The summed E-state index contributed by atoms with van der Waals surface area (Å²) < 4.78 is 22.4. The van der Waals surface area contributed by atoms with Gasteiger partial charge in [0.1, 0.15) is 29.6 Å². The monoisotopic (exact) mass is 565 g/mol. The zero-order valence-corrected chi connectivity index (χ0v) is 22.9. The van der Waals surface area contributed by atoms with Crippen molar-refractivity contribution in [2.24, 2.45) is 0 Å². The number of anilines is 3. The maximum absolute atomic E-state index is 14.5. The molecule has 0 radical (unpaired) electrons. The van der Waals surface area contributed by atoms with Crippen LogP contribution in [-0.4, -0.2) is 47.0 Å². The molecule has 0 spiro atoms. The van der Waals surface area contributed by atoms with Gasteiger partial charge in [-0.05, 0) is 69.4 Å². The summed E-state index contributed by atoms with van der Waals surface area (Å²) in [6.45, 7) is 2.57. The predicted octanol–water partition coefficient (Wildman–Crippen LogP) is 5.64. The molecule has 1 saturated heterocycles. The van der Waals surface area contributed by atoms with Crippen molar-refractivity contribution in [3.63, 3.8) is 0 Å². The molecule has 1 aliphatic heterocycles. The second-order valence-corrected chi connectivity index (χ2v) is 10.6. The van der Waals surface area contributed by atoms with Crippen LogP contribution in [0.15, 0.2) is 61.6 Å². The van der Waals surface area contributed by atoms with Crippen LogP contribution in [0, 0.1) is 6.92 Å². The van der Waals surface area contributed by atoms with Gasteiger partial charge in [0.25, 0.3) is 5.91 Å². The van der Waals surface area contributed by atoms with E-state index in [1.165, 1.54) is 18.6 Å². The summed E-state index contributed by atoms with van der Waals surface area (Å²) in [6.07, 6.45) is 11.8. The lowest BCUT2D eigenvalue weighted by atomic mass is 10.1. The van der Waals surface area contributed by atoms with Gasteiger partial charge < -0.3 is 15.4 Å². The molecule has 1 unspecified atom stereocenters. The molecule has 2 N–H and O–H groups in total. The van der Waals surface area contributed by atoms with Gasteiger partial charge in [0.2, 0.25) is 0 Å². The number of aromatic nitrogens is 7. The first-order valence-electron chi connectivity index (χ1n) is 13.9. The number of hydrogen-bond donors (Lipinski definition) is 2. The number of carbonyl (C=O) groups is 1. The van der Waals surface area contributed by atoms with Crippen molar-refractivity contribution in [3.8, 4) is 11.3 Å². The number of rotatable bonds is 7. The molecule has 0 bridgehead atoms. The lowest BCUT2D eigenvalue weighted by Gasteiger charge is -2.23. The van der Waals surface area contributed by atoms with E-state index in [9.17, 15) is 9.18 Å². The minimum Gasteiger partial charge on any atom is -0.358 e. The van der Waals surface area contributed by atoms with Crippen molar-refractivity contribution in [2.75, 3.05) is 17.2 Å². The molecule has 5 aromatic rings. The third-order valence-electron chi connectivity index (χ3n) is 7.66. The molecule has 11 nitrogen and oxygen atoms in total. The van der Waals surface area contributed by atoms with Crippen LogP contribution >= 0.6 is 0 Å². The molecule has 1 amide bonds. The van der Waals surface area contributed by atoms with E-state index in [1.54, 1.807) is 30.9 Å². The number of nitrogens with zero attached hydrogens (tertiary/aromatic N) is 7. The Morgan fingerprint density at radius 1 is 1.07 bits per heavy atom. The Bertz CT molecular complexity index is 1800. The molecule has 7 rings (SSSR count). The maximum atomic E-state index is 14.5. The number of carbonyl (C=O) groups excluding carboxylic acids is 1. The van der Waals surface area contributed by atoms with Crippen LogP contribution in [0.2, 0.25) is 0 Å². The van der Waals surface area contributed by atoms with Crippen molar-refractivity contribution in [3.05, 3.63) is 78.5 Å². The molecule has 2 aliphatic rings.